The summed E-state index contributed by atoms with van der Waals surface area (Å²) in [5.41, 5.74) is 0.696. The number of likely N-dealkylation sites (tertiary alicyclic amines) is 2. The second-order valence-corrected chi connectivity index (χ2v) is 7.55. The Balaban J connectivity index is 1.75. The van der Waals surface area contributed by atoms with Crippen LogP contribution in [-0.2, 0) is 4.79 Å². The first kappa shape index (κ1) is 15.7. The van der Waals surface area contributed by atoms with Crippen LogP contribution >= 0.6 is 22.9 Å². The fraction of sp³-hybridized carbons (Fsp3) is 0.667. The topological polar surface area (TPSA) is 53.5 Å². The Morgan fingerprint density at radius 2 is 2.18 bits per heavy atom. The van der Waals surface area contributed by atoms with Crippen LogP contribution in [0.2, 0.25) is 4.47 Å². The first-order valence-corrected chi connectivity index (χ1v) is 8.97. The number of aryl methyl sites for hydroxylation is 1. The number of nitrogens with zero attached hydrogens (tertiary/aromatic N) is 3. The van der Waals surface area contributed by atoms with Crippen LogP contribution in [-0.4, -0.2) is 52.3 Å². The Labute approximate surface area is 139 Å². The van der Waals surface area contributed by atoms with Crippen molar-refractivity contribution in [3.63, 3.8) is 0 Å². The first-order valence-electron chi connectivity index (χ1n) is 7.78. The quantitative estimate of drug-likeness (QED) is 0.849. The van der Waals surface area contributed by atoms with E-state index in [0.717, 1.165) is 38.8 Å². The number of halogens is 1. The summed E-state index contributed by atoms with van der Waals surface area (Å²) in [6, 6.07) is 0.114. The van der Waals surface area contributed by atoms with Gasteiger partial charge in [0, 0.05) is 32.1 Å². The van der Waals surface area contributed by atoms with Gasteiger partial charge in [-0.25, -0.2) is 4.98 Å². The largest absolute Gasteiger partial charge is 0.341 e. The van der Waals surface area contributed by atoms with E-state index in [2.05, 4.69) is 4.98 Å². The van der Waals surface area contributed by atoms with Gasteiger partial charge in [0.25, 0.3) is 5.91 Å². The van der Waals surface area contributed by atoms with Crippen LogP contribution in [0.5, 0.6) is 0 Å². The minimum atomic E-state index is 0.0123. The minimum absolute atomic E-state index is 0.0123. The number of piperidine rings is 1. The molecule has 1 atom stereocenters. The molecule has 2 aliphatic heterocycles. The molecule has 7 heteroatoms. The zero-order valence-electron chi connectivity index (χ0n) is 12.7. The summed E-state index contributed by atoms with van der Waals surface area (Å²) >= 11 is 7.17. The number of carbonyl (C=O) groups is 2. The van der Waals surface area contributed by atoms with E-state index in [0.29, 0.717) is 28.0 Å². The van der Waals surface area contributed by atoms with E-state index in [4.69, 9.17) is 11.6 Å². The highest BCUT2D eigenvalue weighted by molar-refractivity contribution is 7.17. The number of thiazole rings is 1. The Morgan fingerprint density at radius 1 is 1.36 bits per heavy atom. The predicted molar refractivity (Wildman–Crippen MR) is 86.4 cm³/mol. The fourth-order valence-electron chi connectivity index (χ4n) is 3.30. The van der Waals surface area contributed by atoms with Crippen molar-refractivity contribution in [2.45, 2.75) is 45.1 Å². The van der Waals surface area contributed by atoms with Crippen molar-refractivity contribution in [2.24, 2.45) is 0 Å². The molecule has 2 aliphatic rings. The molecule has 120 valence electrons. The highest BCUT2D eigenvalue weighted by Crippen LogP contribution is 2.27. The molecule has 3 heterocycles. The van der Waals surface area contributed by atoms with Gasteiger partial charge in [0.15, 0.2) is 4.47 Å². The molecule has 0 saturated carbocycles. The summed E-state index contributed by atoms with van der Waals surface area (Å²) in [5.74, 6) is 0.230. The highest BCUT2D eigenvalue weighted by Gasteiger charge is 2.33. The molecule has 0 spiro atoms. The molecule has 1 aromatic heterocycles. The molecule has 22 heavy (non-hydrogen) atoms. The fourth-order valence-corrected chi connectivity index (χ4v) is 4.41. The summed E-state index contributed by atoms with van der Waals surface area (Å²) in [4.78, 5) is 33.3. The van der Waals surface area contributed by atoms with E-state index in [1.54, 1.807) is 0 Å². The molecule has 0 radical (unpaired) electrons. The van der Waals surface area contributed by atoms with Crippen LogP contribution in [0.1, 0.15) is 47.5 Å². The van der Waals surface area contributed by atoms with Gasteiger partial charge in [0.05, 0.1) is 5.69 Å². The first-order chi connectivity index (χ1) is 10.6. The van der Waals surface area contributed by atoms with E-state index >= 15 is 0 Å². The molecule has 0 unspecified atom stereocenters. The molecule has 0 N–H and O–H groups in total. The van der Waals surface area contributed by atoms with Gasteiger partial charge in [-0.15, -0.1) is 0 Å². The van der Waals surface area contributed by atoms with Gasteiger partial charge in [-0.3, -0.25) is 9.59 Å². The lowest BCUT2D eigenvalue weighted by molar-refractivity contribution is -0.128. The number of carbonyl (C=O) groups excluding carboxylic acids is 2. The molecule has 0 aromatic carbocycles. The van der Waals surface area contributed by atoms with Gasteiger partial charge in [0.1, 0.15) is 4.88 Å². The van der Waals surface area contributed by atoms with E-state index in [9.17, 15) is 9.59 Å². The number of aromatic nitrogens is 1. The summed E-state index contributed by atoms with van der Waals surface area (Å²) in [5, 5.41) is 0. The third-order valence-electron chi connectivity index (χ3n) is 4.46. The van der Waals surface area contributed by atoms with Gasteiger partial charge < -0.3 is 9.80 Å². The van der Waals surface area contributed by atoms with E-state index in [1.807, 2.05) is 16.7 Å². The third-order valence-corrected chi connectivity index (χ3v) is 5.71. The van der Waals surface area contributed by atoms with E-state index in [-0.39, 0.29) is 17.9 Å². The predicted octanol–water partition coefficient (Wildman–Crippen LogP) is 2.72. The second kappa shape index (κ2) is 6.54. The summed E-state index contributed by atoms with van der Waals surface area (Å²) in [6.07, 6.45) is 4.66. The molecule has 0 bridgehead atoms. The van der Waals surface area contributed by atoms with Crippen molar-refractivity contribution < 1.29 is 9.59 Å². The van der Waals surface area contributed by atoms with Crippen LogP contribution < -0.4 is 0 Å². The van der Waals surface area contributed by atoms with Crippen molar-refractivity contribution in [3.8, 4) is 0 Å². The Bertz CT molecular complexity index is 589. The molecule has 1 aromatic rings. The van der Waals surface area contributed by atoms with Crippen molar-refractivity contribution >= 4 is 34.8 Å². The molecule has 5 nitrogen and oxygen atoms in total. The molecule has 0 aliphatic carbocycles. The lowest BCUT2D eigenvalue weighted by Gasteiger charge is -2.37. The number of hydrogen-bond donors (Lipinski definition) is 0. The van der Waals surface area contributed by atoms with E-state index in [1.165, 1.54) is 11.3 Å². The highest BCUT2D eigenvalue weighted by atomic mass is 35.5. The zero-order valence-corrected chi connectivity index (χ0v) is 14.3. The Morgan fingerprint density at radius 3 is 2.82 bits per heavy atom. The van der Waals surface area contributed by atoms with Crippen LogP contribution in [0.4, 0.5) is 0 Å². The SMILES string of the molecule is Cc1nc(Cl)sc1C(=O)N1CCCC[C@H]1CN1CCCC1=O. The van der Waals surface area contributed by atoms with E-state index < -0.39 is 0 Å². The maximum Gasteiger partial charge on any atom is 0.266 e. The zero-order chi connectivity index (χ0) is 15.7. The normalized spacial score (nSPS) is 22.5. The summed E-state index contributed by atoms with van der Waals surface area (Å²) in [6.45, 7) is 4.05. The van der Waals surface area contributed by atoms with Gasteiger partial charge >= 0.3 is 0 Å². The average molecular weight is 342 g/mol. The number of hydrogen-bond acceptors (Lipinski definition) is 4. The molecule has 2 amide bonds. The third kappa shape index (κ3) is 3.13. The standard InChI is InChI=1S/C15H20ClN3O2S/c1-10-13(22-15(16)17-10)14(21)19-8-3-2-5-11(19)9-18-7-4-6-12(18)20/h11H,2-9H2,1H3/t11-/m0/s1. The Kier molecular flexibility index (Phi) is 4.68. The summed E-state index contributed by atoms with van der Waals surface area (Å²) in [7, 11) is 0. The van der Waals surface area contributed by atoms with Crippen molar-refractivity contribution in [1.82, 2.24) is 14.8 Å². The average Bonchev–Trinajstić information content (AvgIpc) is 3.04. The minimum Gasteiger partial charge on any atom is -0.341 e. The van der Waals surface area contributed by atoms with Gasteiger partial charge in [-0.1, -0.05) is 22.9 Å². The van der Waals surface area contributed by atoms with Crippen molar-refractivity contribution in [3.05, 3.63) is 15.0 Å². The van der Waals surface area contributed by atoms with Gasteiger partial charge in [0.2, 0.25) is 5.91 Å². The molecular formula is C15H20ClN3O2S. The maximum atomic E-state index is 12.8. The monoisotopic (exact) mass is 341 g/mol. The number of rotatable bonds is 3. The smallest absolute Gasteiger partial charge is 0.266 e. The van der Waals surface area contributed by atoms with Crippen molar-refractivity contribution in [2.75, 3.05) is 19.6 Å². The second-order valence-electron chi connectivity index (χ2n) is 5.97. The maximum absolute atomic E-state index is 12.8. The van der Waals surface area contributed by atoms with Gasteiger partial charge in [-0.05, 0) is 32.6 Å². The molecular weight excluding hydrogens is 322 g/mol. The Hall–Kier alpha value is -1.14. The molecule has 2 fully saturated rings. The lowest BCUT2D eigenvalue weighted by Crippen LogP contribution is -2.49. The van der Waals surface area contributed by atoms with Crippen LogP contribution in [0, 0.1) is 6.92 Å². The van der Waals surface area contributed by atoms with Crippen LogP contribution in [0.3, 0.4) is 0 Å². The van der Waals surface area contributed by atoms with Crippen molar-refractivity contribution in [1.29, 1.82) is 0 Å². The van der Waals surface area contributed by atoms with Crippen LogP contribution in [0.15, 0.2) is 0 Å². The van der Waals surface area contributed by atoms with Gasteiger partial charge in [-0.2, -0.15) is 0 Å². The summed E-state index contributed by atoms with van der Waals surface area (Å²) < 4.78 is 0.407. The lowest BCUT2D eigenvalue weighted by atomic mass is 10.0. The molecule has 2 saturated heterocycles. The van der Waals surface area contributed by atoms with Crippen LogP contribution in [0.25, 0.3) is 0 Å². The number of amides is 2. The molecule has 3 rings (SSSR count).